The Balaban J connectivity index is 2.46. The molecule has 0 saturated carbocycles. The summed E-state index contributed by atoms with van der Waals surface area (Å²) in [5, 5.41) is 19.4. The van der Waals surface area contributed by atoms with Crippen LogP contribution in [0.15, 0.2) is 18.2 Å². The fourth-order valence-electron chi connectivity index (χ4n) is 1.90. The molecular formula is C11H13NO3. The average Bonchev–Trinajstić information content (AvgIpc) is 2.45. The molecule has 4 nitrogen and oxygen atoms in total. The molecule has 0 aliphatic carbocycles. The van der Waals surface area contributed by atoms with E-state index < -0.39 is 6.23 Å². The van der Waals surface area contributed by atoms with E-state index in [1.54, 1.807) is 12.1 Å². The van der Waals surface area contributed by atoms with Crippen LogP contribution in [0.5, 0.6) is 5.75 Å². The van der Waals surface area contributed by atoms with E-state index in [2.05, 4.69) is 0 Å². The zero-order valence-electron chi connectivity index (χ0n) is 8.47. The number of nitrogens with zero attached hydrogens (tertiary/aromatic N) is 1. The third-order valence-corrected chi connectivity index (χ3v) is 2.59. The molecule has 4 heteroatoms. The van der Waals surface area contributed by atoms with Crippen LogP contribution in [0.25, 0.3) is 0 Å². The molecule has 0 fully saturated rings. The van der Waals surface area contributed by atoms with Crippen LogP contribution in [0.1, 0.15) is 35.5 Å². The monoisotopic (exact) mass is 207 g/mol. The van der Waals surface area contributed by atoms with E-state index in [9.17, 15) is 15.0 Å². The zero-order valence-corrected chi connectivity index (χ0v) is 8.47. The highest BCUT2D eigenvalue weighted by Gasteiger charge is 2.36. The van der Waals surface area contributed by atoms with Crippen LogP contribution >= 0.6 is 0 Å². The summed E-state index contributed by atoms with van der Waals surface area (Å²) in [6.45, 7) is 2.43. The Labute approximate surface area is 87.8 Å². The third kappa shape index (κ3) is 1.37. The van der Waals surface area contributed by atoms with Gasteiger partial charge in [0.15, 0.2) is 6.23 Å². The molecule has 1 atom stereocenters. The molecule has 0 saturated heterocycles. The Hall–Kier alpha value is -1.55. The van der Waals surface area contributed by atoms with Gasteiger partial charge in [0.2, 0.25) is 0 Å². The summed E-state index contributed by atoms with van der Waals surface area (Å²) in [6.07, 6.45) is -0.231. The molecular weight excluding hydrogens is 194 g/mol. The number of hydrogen-bond acceptors (Lipinski definition) is 3. The zero-order chi connectivity index (χ0) is 11.0. The Morgan fingerprint density at radius 3 is 2.80 bits per heavy atom. The molecule has 1 aliphatic rings. The summed E-state index contributed by atoms with van der Waals surface area (Å²) in [6, 6.07) is 4.70. The molecule has 1 unspecified atom stereocenters. The first-order valence-electron chi connectivity index (χ1n) is 4.97. The maximum atomic E-state index is 11.8. The van der Waals surface area contributed by atoms with E-state index >= 15 is 0 Å². The number of benzene rings is 1. The molecule has 1 heterocycles. The predicted molar refractivity (Wildman–Crippen MR) is 54.4 cm³/mol. The van der Waals surface area contributed by atoms with Gasteiger partial charge in [-0.2, -0.15) is 0 Å². The van der Waals surface area contributed by atoms with Gasteiger partial charge in [0, 0.05) is 6.54 Å². The van der Waals surface area contributed by atoms with Gasteiger partial charge in [-0.15, -0.1) is 0 Å². The van der Waals surface area contributed by atoms with Crippen molar-refractivity contribution in [1.29, 1.82) is 0 Å². The van der Waals surface area contributed by atoms with Crippen molar-refractivity contribution in [3.8, 4) is 5.75 Å². The Kier molecular flexibility index (Phi) is 2.36. The van der Waals surface area contributed by atoms with Gasteiger partial charge < -0.3 is 15.1 Å². The van der Waals surface area contributed by atoms with Gasteiger partial charge in [0.1, 0.15) is 5.75 Å². The number of amides is 1. The van der Waals surface area contributed by atoms with Crippen molar-refractivity contribution in [2.75, 3.05) is 6.54 Å². The molecule has 0 bridgehead atoms. The topological polar surface area (TPSA) is 60.8 Å². The number of phenolic OH excluding ortho intramolecular Hbond substituents is 1. The van der Waals surface area contributed by atoms with Crippen molar-refractivity contribution >= 4 is 5.91 Å². The number of aromatic hydroxyl groups is 1. The minimum Gasteiger partial charge on any atom is -0.507 e. The molecule has 2 rings (SSSR count). The second-order valence-electron chi connectivity index (χ2n) is 3.61. The van der Waals surface area contributed by atoms with Crippen molar-refractivity contribution in [3.63, 3.8) is 0 Å². The minimum atomic E-state index is -1.01. The highest BCUT2D eigenvalue weighted by atomic mass is 16.3. The molecule has 15 heavy (non-hydrogen) atoms. The lowest BCUT2D eigenvalue weighted by molar-refractivity contribution is 0.0169. The normalized spacial score (nSPS) is 19.5. The summed E-state index contributed by atoms with van der Waals surface area (Å²) in [5.41, 5.74) is 0.729. The van der Waals surface area contributed by atoms with Crippen LogP contribution < -0.4 is 0 Å². The van der Waals surface area contributed by atoms with Gasteiger partial charge in [-0.1, -0.05) is 13.0 Å². The number of fused-ring (bicyclic) bond motifs is 1. The fourth-order valence-corrected chi connectivity index (χ4v) is 1.90. The first-order chi connectivity index (χ1) is 7.16. The van der Waals surface area contributed by atoms with Crippen LogP contribution in [0.4, 0.5) is 0 Å². The number of phenols is 1. The number of rotatable bonds is 2. The molecule has 0 spiro atoms. The smallest absolute Gasteiger partial charge is 0.256 e. The lowest BCUT2D eigenvalue weighted by Crippen LogP contribution is -2.28. The average molecular weight is 207 g/mol. The first kappa shape index (κ1) is 9.98. The molecule has 1 aliphatic heterocycles. The Bertz CT molecular complexity index is 403. The highest BCUT2D eigenvalue weighted by Crippen LogP contribution is 2.37. The summed E-state index contributed by atoms with van der Waals surface area (Å²) in [7, 11) is 0. The van der Waals surface area contributed by atoms with E-state index in [0.29, 0.717) is 17.7 Å². The predicted octanol–water partition coefficient (Wildman–Crippen LogP) is 1.25. The van der Waals surface area contributed by atoms with Crippen molar-refractivity contribution in [2.24, 2.45) is 0 Å². The second-order valence-corrected chi connectivity index (χ2v) is 3.61. The minimum absolute atomic E-state index is 0.0213. The standard InChI is InChI=1S/C11H13NO3/c1-2-6-12-10(14)7-4-3-5-8(13)9(7)11(12)15/h3-5,11,13,15H,2,6H2,1H3. The summed E-state index contributed by atoms with van der Waals surface area (Å²) in [5.74, 6) is -0.234. The van der Waals surface area contributed by atoms with Gasteiger partial charge in [0.05, 0.1) is 11.1 Å². The highest BCUT2D eigenvalue weighted by molar-refractivity contribution is 5.99. The Morgan fingerprint density at radius 1 is 1.47 bits per heavy atom. The number of aliphatic hydroxyl groups is 1. The van der Waals surface area contributed by atoms with Crippen molar-refractivity contribution in [2.45, 2.75) is 19.6 Å². The number of carbonyl (C=O) groups excluding carboxylic acids is 1. The molecule has 1 aromatic rings. The summed E-state index contributed by atoms with van der Waals surface area (Å²) < 4.78 is 0. The molecule has 1 amide bonds. The summed E-state index contributed by atoms with van der Waals surface area (Å²) in [4.78, 5) is 13.2. The van der Waals surface area contributed by atoms with Gasteiger partial charge in [0.25, 0.3) is 5.91 Å². The number of carbonyl (C=O) groups is 1. The van der Waals surface area contributed by atoms with Gasteiger partial charge in [-0.25, -0.2) is 0 Å². The van der Waals surface area contributed by atoms with Crippen LogP contribution in [-0.4, -0.2) is 27.6 Å². The van der Waals surface area contributed by atoms with Crippen LogP contribution in [0.2, 0.25) is 0 Å². The van der Waals surface area contributed by atoms with Crippen molar-refractivity contribution in [3.05, 3.63) is 29.3 Å². The third-order valence-electron chi connectivity index (χ3n) is 2.59. The van der Waals surface area contributed by atoms with Crippen LogP contribution in [0.3, 0.4) is 0 Å². The van der Waals surface area contributed by atoms with Crippen molar-refractivity contribution in [1.82, 2.24) is 4.90 Å². The van der Waals surface area contributed by atoms with Gasteiger partial charge in [-0.05, 0) is 18.6 Å². The fraction of sp³-hybridized carbons (Fsp3) is 0.364. The largest absolute Gasteiger partial charge is 0.507 e. The maximum Gasteiger partial charge on any atom is 0.256 e. The number of aliphatic hydroxyl groups excluding tert-OH is 1. The van der Waals surface area contributed by atoms with Crippen LogP contribution in [0, 0.1) is 0 Å². The lowest BCUT2D eigenvalue weighted by atomic mass is 10.1. The van der Waals surface area contributed by atoms with E-state index in [1.807, 2.05) is 6.92 Å². The summed E-state index contributed by atoms with van der Waals surface area (Å²) >= 11 is 0. The molecule has 80 valence electrons. The van der Waals surface area contributed by atoms with E-state index in [1.165, 1.54) is 11.0 Å². The van der Waals surface area contributed by atoms with Crippen LogP contribution in [-0.2, 0) is 0 Å². The molecule has 0 radical (unpaired) electrons. The lowest BCUT2D eigenvalue weighted by Gasteiger charge is -2.19. The van der Waals surface area contributed by atoms with Gasteiger partial charge >= 0.3 is 0 Å². The van der Waals surface area contributed by atoms with E-state index in [4.69, 9.17) is 0 Å². The van der Waals surface area contributed by atoms with E-state index in [0.717, 1.165) is 6.42 Å². The molecule has 2 N–H and O–H groups in total. The first-order valence-corrected chi connectivity index (χ1v) is 4.97. The van der Waals surface area contributed by atoms with Crippen molar-refractivity contribution < 1.29 is 15.0 Å². The molecule has 1 aromatic carbocycles. The quantitative estimate of drug-likeness (QED) is 0.767. The maximum absolute atomic E-state index is 11.8. The Morgan fingerprint density at radius 2 is 2.20 bits per heavy atom. The second kappa shape index (κ2) is 3.55. The SMILES string of the molecule is CCCN1C(=O)c2cccc(O)c2C1O. The molecule has 0 aromatic heterocycles. The van der Waals surface area contributed by atoms with E-state index in [-0.39, 0.29) is 11.7 Å². The van der Waals surface area contributed by atoms with Gasteiger partial charge in [-0.3, -0.25) is 4.79 Å². The number of hydrogen-bond donors (Lipinski definition) is 2.